The van der Waals surface area contributed by atoms with E-state index in [1.165, 1.54) is 0 Å². The number of fused-ring (bicyclic) bond motifs is 1. The van der Waals surface area contributed by atoms with Crippen molar-refractivity contribution in [1.29, 1.82) is 0 Å². The molecule has 5 atom stereocenters. The number of hydrogen-bond acceptors (Lipinski definition) is 7. The van der Waals surface area contributed by atoms with Crippen molar-refractivity contribution in [2.45, 2.75) is 36.9 Å². The highest BCUT2D eigenvalue weighted by atomic mass is 35.5. The maximum absolute atomic E-state index is 11.6. The molecule has 0 saturated carbocycles. The first-order valence-corrected chi connectivity index (χ1v) is 9.89. The van der Waals surface area contributed by atoms with Gasteiger partial charge in [0.15, 0.2) is 6.61 Å². The molecule has 0 aromatic heterocycles. The number of carbonyl (C=O) groups excluding carboxylic acids is 1. The van der Waals surface area contributed by atoms with E-state index in [9.17, 15) is 25.2 Å². The van der Waals surface area contributed by atoms with Gasteiger partial charge >= 0.3 is 0 Å². The highest BCUT2D eigenvalue weighted by Crippen LogP contribution is 2.35. The van der Waals surface area contributed by atoms with Crippen LogP contribution in [-0.2, 0) is 16.0 Å². The van der Waals surface area contributed by atoms with E-state index in [0.29, 0.717) is 28.4 Å². The van der Waals surface area contributed by atoms with Gasteiger partial charge in [0, 0.05) is 5.02 Å². The predicted octanol–water partition coefficient (Wildman–Crippen LogP) is 0.777. The van der Waals surface area contributed by atoms with Crippen molar-refractivity contribution < 1.29 is 34.7 Å². The Balaban J connectivity index is 1.60. The summed E-state index contributed by atoms with van der Waals surface area (Å²) < 4.78 is 11.0. The lowest BCUT2D eigenvalue weighted by atomic mass is 9.90. The number of benzene rings is 2. The minimum Gasteiger partial charge on any atom is -0.482 e. The van der Waals surface area contributed by atoms with Crippen molar-refractivity contribution in [3.05, 3.63) is 58.1 Å². The third-order valence-electron chi connectivity index (χ3n) is 5.36. The molecule has 2 aromatic carbocycles. The summed E-state index contributed by atoms with van der Waals surface area (Å²) in [5, 5.41) is 43.1. The van der Waals surface area contributed by atoms with Crippen LogP contribution in [0.3, 0.4) is 0 Å². The summed E-state index contributed by atoms with van der Waals surface area (Å²) in [6.07, 6.45) is -5.73. The van der Waals surface area contributed by atoms with Crippen LogP contribution in [0, 0.1) is 0 Å². The Labute approximate surface area is 177 Å². The molecule has 160 valence electrons. The SMILES string of the molecule is O=C1COc2ccc(Cc3cc(C4OC(CO)C(O)C(O)C4O)ccc3Cl)cc2N1. The molecule has 5 N–H and O–H groups in total. The summed E-state index contributed by atoms with van der Waals surface area (Å²) in [5.74, 6) is 0.377. The van der Waals surface area contributed by atoms with Crippen LogP contribution in [0.4, 0.5) is 5.69 Å². The second-order valence-electron chi connectivity index (χ2n) is 7.44. The van der Waals surface area contributed by atoms with Gasteiger partial charge in [-0.05, 0) is 41.3 Å². The number of carbonyl (C=O) groups is 1. The van der Waals surface area contributed by atoms with Crippen molar-refractivity contribution >= 4 is 23.2 Å². The first-order valence-electron chi connectivity index (χ1n) is 9.52. The fourth-order valence-electron chi connectivity index (χ4n) is 3.74. The van der Waals surface area contributed by atoms with Crippen LogP contribution in [-0.4, -0.2) is 64.0 Å². The second kappa shape index (κ2) is 8.50. The van der Waals surface area contributed by atoms with E-state index in [1.54, 1.807) is 24.3 Å². The maximum Gasteiger partial charge on any atom is 0.262 e. The summed E-state index contributed by atoms with van der Waals surface area (Å²) in [7, 11) is 0. The molecule has 0 bridgehead atoms. The molecule has 8 nitrogen and oxygen atoms in total. The molecule has 30 heavy (non-hydrogen) atoms. The van der Waals surface area contributed by atoms with Crippen molar-refractivity contribution in [2.75, 3.05) is 18.5 Å². The van der Waals surface area contributed by atoms with Gasteiger partial charge in [-0.25, -0.2) is 0 Å². The van der Waals surface area contributed by atoms with Gasteiger partial charge in [-0.2, -0.15) is 0 Å². The number of ether oxygens (including phenoxy) is 2. The van der Waals surface area contributed by atoms with E-state index < -0.39 is 37.1 Å². The van der Waals surface area contributed by atoms with Gasteiger partial charge in [0.2, 0.25) is 0 Å². The Morgan fingerprint density at radius 2 is 1.87 bits per heavy atom. The molecule has 2 aliphatic heterocycles. The zero-order chi connectivity index (χ0) is 21.4. The highest BCUT2D eigenvalue weighted by molar-refractivity contribution is 6.31. The zero-order valence-electron chi connectivity index (χ0n) is 15.9. The number of aliphatic hydroxyl groups excluding tert-OH is 4. The summed E-state index contributed by atoms with van der Waals surface area (Å²) in [6.45, 7) is -0.510. The lowest BCUT2D eigenvalue weighted by Gasteiger charge is -2.40. The first kappa shape index (κ1) is 21.0. The van der Waals surface area contributed by atoms with E-state index in [1.807, 2.05) is 12.1 Å². The average molecular weight is 436 g/mol. The van der Waals surface area contributed by atoms with Gasteiger partial charge in [0.1, 0.15) is 36.3 Å². The molecule has 2 heterocycles. The number of hydrogen-bond donors (Lipinski definition) is 5. The molecular weight excluding hydrogens is 414 g/mol. The van der Waals surface area contributed by atoms with Crippen LogP contribution in [0.15, 0.2) is 36.4 Å². The molecular formula is C21H22ClNO7. The van der Waals surface area contributed by atoms with Gasteiger partial charge in [0.25, 0.3) is 5.91 Å². The topological polar surface area (TPSA) is 128 Å². The van der Waals surface area contributed by atoms with E-state index in [0.717, 1.165) is 11.1 Å². The standard InChI is InChI=1S/C21H22ClNO7/c22-13-3-2-11(21-20(28)19(27)18(26)16(8-24)30-21)7-12(13)5-10-1-4-15-14(6-10)23-17(25)9-29-15/h1-4,6-7,16,18-21,24,26-28H,5,8-9H2,(H,23,25). The minimum absolute atomic E-state index is 0.0146. The fourth-order valence-corrected chi connectivity index (χ4v) is 3.93. The molecule has 2 aliphatic rings. The van der Waals surface area contributed by atoms with Gasteiger partial charge in [0.05, 0.1) is 12.3 Å². The third-order valence-corrected chi connectivity index (χ3v) is 5.73. The third kappa shape index (κ3) is 4.02. The Hall–Kier alpha value is -2.20. The van der Waals surface area contributed by atoms with Crippen LogP contribution in [0.2, 0.25) is 5.02 Å². The van der Waals surface area contributed by atoms with Gasteiger partial charge in [-0.1, -0.05) is 29.8 Å². The second-order valence-corrected chi connectivity index (χ2v) is 7.85. The number of nitrogens with one attached hydrogen (secondary N) is 1. The van der Waals surface area contributed by atoms with Crippen LogP contribution in [0.5, 0.6) is 5.75 Å². The molecule has 1 fully saturated rings. The number of halogens is 1. The normalized spacial score (nSPS) is 28.4. The van der Waals surface area contributed by atoms with E-state index in [2.05, 4.69) is 5.32 Å². The fraction of sp³-hybridized carbons (Fsp3) is 0.381. The molecule has 0 spiro atoms. The Morgan fingerprint density at radius 3 is 2.63 bits per heavy atom. The number of aliphatic hydroxyl groups is 4. The van der Waals surface area contributed by atoms with Crippen molar-refractivity contribution in [3.63, 3.8) is 0 Å². The Bertz CT molecular complexity index is 951. The highest BCUT2D eigenvalue weighted by Gasteiger charge is 2.44. The molecule has 4 rings (SSSR count). The van der Waals surface area contributed by atoms with Crippen LogP contribution in [0.1, 0.15) is 22.8 Å². The minimum atomic E-state index is -1.45. The Kier molecular flexibility index (Phi) is 5.97. The van der Waals surface area contributed by atoms with Crippen LogP contribution in [0.25, 0.3) is 0 Å². The monoisotopic (exact) mass is 435 g/mol. The van der Waals surface area contributed by atoms with Crippen molar-refractivity contribution in [3.8, 4) is 5.75 Å². The average Bonchev–Trinajstić information content (AvgIpc) is 2.74. The van der Waals surface area contributed by atoms with Gasteiger partial charge in [-0.3, -0.25) is 4.79 Å². The van der Waals surface area contributed by atoms with E-state index in [-0.39, 0.29) is 12.5 Å². The molecule has 1 amide bonds. The summed E-state index contributed by atoms with van der Waals surface area (Å²) >= 11 is 6.37. The number of amides is 1. The quantitative estimate of drug-likeness (QED) is 0.480. The largest absolute Gasteiger partial charge is 0.482 e. The molecule has 5 unspecified atom stereocenters. The lowest BCUT2D eigenvalue weighted by Crippen LogP contribution is -2.55. The summed E-state index contributed by atoms with van der Waals surface area (Å²) in [6, 6.07) is 10.5. The van der Waals surface area contributed by atoms with Crippen LogP contribution < -0.4 is 10.1 Å². The van der Waals surface area contributed by atoms with E-state index in [4.69, 9.17) is 21.1 Å². The van der Waals surface area contributed by atoms with Crippen LogP contribution >= 0.6 is 11.6 Å². The maximum atomic E-state index is 11.6. The van der Waals surface area contributed by atoms with Crippen molar-refractivity contribution in [1.82, 2.24) is 0 Å². The summed E-state index contributed by atoms with van der Waals surface area (Å²) in [4.78, 5) is 11.6. The molecule has 2 aromatic rings. The molecule has 1 saturated heterocycles. The summed E-state index contributed by atoms with van der Waals surface area (Å²) in [5.41, 5.74) is 2.77. The molecule has 0 aliphatic carbocycles. The zero-order valence-corrected chi connectivity index (χ0v) is 16.6. The van der Waals surface area contributed by atoms with Gasteiger partial charge < -0.3 is 35.2 Å². The molecule has 9 heteroatoms. The molecule has 0 radical (unpaired) electrons. The first-order chi connectivity index (χ1) is 14.4. The van der Waals surface area contributed by atoms with E-state index >= 15 is 0 Å². The van der Waals surface area contributed by atoms with Gasteiger partial charge in [-0.15, -0.1) is 0 Å². The Morgan fingerprint density at radius 1 is 1.07 bits per heavy atom. The smallest absolute Gasteiger partial charge is 0.262 e. The number of rotatable bonds is 4. The number of anilines is 1. The van der Waals surface area contributed by atoms with Crippen molar-refractivity contribution in [2.24, 2.45) is 0 Å². The predicted molar refractivity (Wildman–Crippen MR) is 108 cm³/mol. The lowest BCUT2D eigenvalue weighted by molar-refractivity contribution is -0.231.